The van der Waals surface area contributed by atoms with Gasteiger partial charge in [-0.1, -0.05) is 194 Å². The second-order valence-corrected chi connectivity index (χ2v) is 16.7. The lowest BCUT2D eigenvalue weighted by molar-refractivity contribution is 0.360. The Labute approximate surface area is 372 Å². The van der Waals surface area contributed by atoms with Gasteiger partial charge in [0.05, 0.1) is 16.8 Å². The Balaban J connectivity index is 0.916. The van der Waals surface area contributed by atoms with E-state index in [1.807, 2.05) is 6.07 Å². The summed E-state index contributed by atoms with van der Waals surface area (Å²) in [6, 6.07) is 84.7. The molecule has 0 N–H and O–H groups in total. The number of hydrogen-bond acceptors (Lipinski definition) is 3. The summed E-state index contributed by atoms with van der Waals surface area (Å²) in [7, 11) is 0. The van der Waals surface area contributed by atoms with Crippen LogP contribution < -0.4 is 14.4 Å². The van der Waals surface area contributed by atoms with Gasteiger partial charge in [0, 0.05) is 22.4 Å². The molecule has 64 heavy (non-hydrogen) atoms. The summed E-state index contributed by atoms with van der Waals surface area (Å²) >= 11 is 0. The monoisotopic (exact) mass is 817 g/mol. The van der Waals surface area contributed by atoms with Gasteiger partial charge in [0.2, 0.25) is 0 Å². The Morgan fingerprint density at radius 1 is 0.281 bits per heavy atom. The Morgan fingerprint density at radius 3 is 1.28 bits per heavy atom. The molecule has 0 bridgehead atoms. The molecular formula is C61H39NO2. The molecule has 10 aromatic rings. The molecule has 3 aliphatic rings. The first-order valence-corrected chi connectivity index (χ1v) is 21.9. The molecule has 0 atom stereocenters. The van der Waals surface area contributed by atoms with Gasteiger partial charge in [-0.3, -0.25) is 0 Å². The highest BCUT2D eigenvalue weighted by atomic mass is 16.6. The normalized spacial score (nSPS) is 13.1. The number of para-hydroxylation sites is 3. The number of ether oxygens (including phenoxy) is 2. The van der Waals surface area contributed by atoms with Gasteiger partial charge in [0.15, 0.2) is 23.0 Å². The molecular weight excluding hydrogens is 779 g/mol. The zero-order chi connectivity index (χ0) is 42.2. The highest BCUT2D eigenvalue weighted by Crippen LogP contribution is 2.65. The molecule has 10 aromatic carbocycles. The summed E-state index contributed by atoms with van der Waals surface area (Å²) in [5, 5.41) is 0. The fourth-order valence-electron chi connectivity index (χ4n) is 10.7. The summed E-state index contributed by atoms with van der Waals surface area (Å²) in [5.74, 6) is 2.84. The number of rotatable bonds is 6. The molecule has 0 saturated heterocycles. The van der Waals surface area contributed by atoms with Crippen LogP contribution in [0, 0.1) is 0 Å². The zero-order valence-electron chi connectivity index (χ0n) is 34.8. The van der Waals surface area contributed by atoms with Gasteiger partial charge in [-0.2, -0.15) is 0 Å². The number of nitrogens with zero attached hydrogens (tertiary/aromatic N) is 1. The van der Waals surface area contributed by atoms with Crippen molar-refractivity contribution in [2.45, 2.75) is 5.41 Å². The predicted molar refractivity (Wildman–Crippen MR) is 260 cm³/mol. The van der Waals surface area contributed by atoms with Crippen LogP contribution >= 0.6 is 0 Å². The van der Waals surface area contributed by atoms with E-state index in [1.54, 1.807) is 0 Å². The van der Waals surface area contributed by atoms with Gasteiger partial charge < -0.3 is 14.4 Å². The molecule has 1 aliphatic heterocycles. The van der Waals surface area contributed by atoms with Crippen LogP contribution in [0.3, 0.4) is 0 Å². The van der Waals surface area contributed by atoms with Crippen molar-refractivity contribution in [3.05, 3.63) is 259 Å². The van der Waals surface area contributed by atoms with Crippen LogP contribution in [0.25, 0.3) is 55.6 Å². The lowest BCUT2D eigenvalue weighted by Crippen LogP contribution is -2.25. The number of hydrogen-bond donors (Lipinski definition) is 0. The van der Waals surface area contributed by atoms with Crippen molar-refractivity contribution in [2.24, 2.45) is 0 Å². The van der Waals surface area contributed by atoms with E-state index in [9.17, 15) is 0 Å². The Bertz CT molecular complexity index is 3320. The number of anilines is 3. The molecule has 0 amide bonds. The summed E-state index contributed by atoms with van der Waals surface area (Å²) in [6.07, 6.45) is 0. The minimum atomic E-state index is -0.460. The van der Waals surface area contributed by atoms with Gasteiger partial charge >= 0.3 is 0 Å². The molecule has 2 aliphatic carbocycles. The van der Waals surface area contributed by atoms with Crippen LogP contribution in [0.15, 0.2) is 237 Å². The zero-order valence-corrected chi connectivity index (χ0v) is 34.8. The van der Waals surface area contributed by atoms with Crippen LogP contribution in [0.2, 0.25) is 0 Å². The van der Waals surface area contributed by atoms with E-state index in [1.165, 1.54) is 44.5 Å². The molecule has 1 heterocycles. The SMILES string of the molecule is c1ccc(-c2ccccc2N(c2ccc(-c3cccc4c3Oc3cc5c(cc3O4)C3(c4ccccc4-c4ccccc43)c3ccccc3-5)cc2)c2ccccc2-c2ccccc2)cc1. The fourth-order valence-corrected chi connectivity index (χ4v) is 10.7. The minimum absolute atomic E-state index is 0.460. The number of fused-ring (bicyclic) bond motifs is 12. The average molecular weight is 818 g/mol. The van der Waals surface area contributed by atoms with E-state index in [4.69, 9.17) is 9.47 Å². The fraction of sp³-hybridized carbons (Fsp3) is 0.0164. The first-order valence-electron chi connectivity index (χ1n) is 21.9. The maximum Gasteiger partial charge on any atom is 0.177 e. The maximum atomic E-state index is 7.00. The Kier molecular flexibility index (Phi) is 8.13. The van der Waals surface area contributed by atoms with Crippen molar-refractivity contribution < 1.29 is 9.47 Å². The summed E-state index contributed by atoms with van der Waals surface area (Å²) in [6.45, 7) is 0. The van der Waals surface area contributed by atoms with E-state index in [0.29, 0.717) is 17.2 Å². The topological polar surface area (TPSA) is 21.7 Å². The molecule has 3 nitrogen and oxygen atoms in total. The highest BCUT2D eigenvalue weighted by Gasteiger charge is 2.52. The molecule has 3 heteroatoms. The minimum Gasteiger partial charge on any atom is -0.449 e. The summed E-state index contributed by atoms with van der Waals surface area (Å²) in [5.41, 5.74) is 19.4. The van der Waals surface area contributed by atoms with Gasteiger partial charge in [0.25, 0.3) is 0 Å². The average Bonchev–Trinajstić information content (AvgIpc) is 3.83. The van der Waals surface area contributed by atoms with Gasteiger partial charge in [-0.15, -0.1) is 0 Å². The standard InChI is InChI=1S/C61H39NO2/c1-3-18-40(19-4-1)44-22-10-15-31-55(44)62(56-32-16-11-23-45(56)41-20-5-2-6-21-41)43-36-34-42(35-37-43)46-27-17-33-57-60(46)64-58-38-50-49-26-9-14-30-53(49)61(54(50)39-59(58)63-57)51-28-12-7-24-47(51)48-25-8-13-29-52(48)61/h1-39H. The van der Waals surface area contributed by atoms with Crippen molar-refractivity contribution >= 4 is 17.1 Å². The van der Waals surface area contributed by atoms with Crippen molar-refractivity contribution in [1.82, 2.24) is 0 Å². The number of benzene rings is 10. The van der Waals surface area contributed by atoms with E-state index < -0.39 is 5.41 Å². The molecule has 0 aromatic heterocycles. The molecule has 300 valence electrons. The van der Waals surface area contributed by atoms with E-state index in [2.05, 4.69) is 235 Å². The molecule has 0 radical (unpaired) electrons. The maximum absolute atomic E-state index is 7.00. The third-order valence-electron chi connectivity index (χ3n) is 13.4. The van der Waals surface area contributed by atoms with Gasteiger partial charge in [-0.25, -0.2) is 0 Å². The summed E-state index contributed by atoms with van der Waals surface area (Å²) in [4.78, 5) is 2.39. The largest absolute Gasteiger partial charge is 0.449 e. The van der Waals surface area contributed by atoms with Crippen molar-refractivity contribution in [3.8, 4) is 78.6 Å². The summed E-state index contributed by atoms with van der Waals surface area (Å²) < 4.78 is 13.9. The van der Waals surface area contributed by atoms with Crippen LogP contribution in [-0.2, 0) is 5.41 Å². The second kappa shape index (κ2) is 14.3. The second-order valence-electron chi connectivity index (χ2n) is 16.7. The third kappa shape index (κ3) is 5.34. The molecule has 0 saturated carbocycles. The molecule has 0 fully saturated rings. The predicted octanol–water partition coefficient (Wildman–Crippen LogP) is 16.4. The molecule has 13 rings (SSSR count). The van der Waals surface area contributed by atoms with Crippen LogP contribution in [0.1, 0.15) is 22.3 Å². The van der Waals surface area contributed by atoms with Crippen molar-refractivity contribution in [1.29, 1.82) is 0 Å². The smallest absolute Gasteiger partial charge is 0.177 e. The van der Waals surface area contributed by atoms with E-state index in [0.717, 1.165) is 56.2 Å². The Hall–Kier alpha value is -8.40. The molecule has 0 unspecified atom stereocenters. The van der Waals surface area contributed by atoms with Gasteiger partial charge in [0.1, 0.15) is 0 Å². The third-order valence-corrected chi connectivity index (χ3v) is 13.4. The first kappa shape index (κ1) is 36.3. The lowest BCUT2D eigenvalue weighted by atomic mass is 9.70. The van der Waals surface area contributed by atoms with Crippen molar-refractivity contribution in [2.75, 3.05) is 4.90 Å². The van der Waals surface area contributed by atoms with E-state index in [-0.39, 0.29) is 0 Å². The highest BCUT2D eigenvalue weighted by molar-refractivity contribution is 5.97. The lowest BCUT2D eigenvalue weighted by Gasteiger charge is -2.31. The van der Waals surface area contributed by atoms with E-state index >= 15 is 0 Å². The first-order chi connectivity index (χ1) is 31.8. The quantitative estimate of drug-likeness (QED) is 0.167. The van der Waals surface area contributed by atoms with Gasteiger partial charge in [-0.05, 0) is 104 Å². The van der Waals surface area contributed by atoms with Crippen LogP contribution in [0.5, 0.6) is 23.0 Å². The molecule has 1 spiro atoms. The Morgan fingerprint density at radius 2 is 0.719 bits per heavy atom. The van der Waals surface area contributed by atoms with Crippen LogP contribution in [-0.4, -0.2) is 0 Å². The van der Waals surface area contributed by atoms with Crippen LogP contribution in [0.4, 0.5) is 17.1 Å². The van der Waals surface area contributed by atoms with Crippen molar-refractivity contribution in [3.63, 3.8) is 0 Å².